The summed E-state index contributed by atoms with van der Waals surface area (Å²) in [6.07, 6.45) is 5.47. The maximum atomic E-state index is 2.59. The molecule has 4 rings (SSSR count). The summed E-state index contributed by atoms with van der Waals surface area (Å²) in [5, 5.41) is 2.25. The minimum absolute atomic E-state index is 1.12. The number of rotatable bonds is 5. The molecule has 2 fully saturated rings. The van der Waals surface area contributed by atoms with Gasteiger partial charge in [-0.3, -0.25) is 9.80 Å². The topological polar surface area (TPSA) is 6.48 Å². The van der Waals surface area contributed by atoms with Gasteiger partial charge in [0.05, 0.1) is 0 Å². The number of nitrogens with zero attached hydrogens (tertiary/aromatic N) is 2. The van der Waals surface area contributed by atoms with Gasteiger partial charge in [0.1, 0.15) is 0 Å². The van der Waals surface area contributed by atoms with Crippen molar-refractivity contribution in [3.63, 3.8) is 0 Å². The molecule has 0 N–H and O–H groups in total. The molecule has 0 amide bonds. The van der Waals surface area contributed by atoms with Crippen molar-refractivity contribution in [1.82, 2.24) is 9.80 Å². The Labute approximate surface area is 143 Å². The van der Waals surface area contributed by atoms with Gasteiger partial charge >= 0.3 is 0 Å². The van der Waals surface area contributed by atoms with Crippen LogP contribution in [0.25, 0.3) is 10.4 Å². The zero-order chi connectivity index (χ0) is 15.5. The van der Waals surface area contributed by atoms with Crippen LogP contribution in [0.15, 0.2) is 35.7 Å². The molecular weight excluding hydrogens is 300 g/mol. The zero-order valence-electron chi connectivity index (χ0n) is 13.8. The maximum Gasteiger partial charge on any atom is 0.0387 e. The predicted molar refractivity (Wildman–Crippen MR) is 98.8 cm³/mol. The molecule has 2 aromatic rings. The van der Waals surface area contributed by atoms with E-state index in [1.165, 1.54) is 73.4 Å². The lowest BCUT2D eigenvalue weighted by atomic mass is 10.1. The standard InChI is InChI=1S/C20H26N2S/c1-2-11-21(10-1)15-17-5-7-18(8-6-17)20-19(9-14-23-20)16-22-12-3-4-13-22/h5-9,14H,1-4,10-13,15-16H2. The van der Waals surface area contributed by atoms with E-state index >= 15 is 0 Å². The monoisotopic (exact) mass is 326 g/mol. The molecule has 3 heterocycles. The van der Waals surface area contributed by atoms with Crippen LogP contribution in [0.5, 0.6) is 0 Å². The first-order valence-corrected chi connectivity index (χ1v) is 9.87. The van der Waals surface area contributed by atoms with Gasteiger partial charge in [0.2, 0.25) is 0 Å². The molecule has 122 valence electrons. The van der Waals surface area contributed by atoms with E-state index in [1.54, 1.807) is 0 Å². The number of likely N-dealkylation sites (tertiary alicyclic amines) is 2. The highest BCUT2D eigenvalue weighted by Crippen LogP contribution is 2.31. The van der Waals surface area contributed by atoms with E-state index in [0.29, 0.717) is 0 Å². The molecule has 0 bridgehead atoms. The summed E-state index contributed by atoms with van der Waals surface area (Å²) in [4.78, 5) is 6.62. The summed E-state index contributed by atoms with van der Waals surface area (Å²) in [6, 6.07) is 11.6. The highest BCUT2D eigenvalue weighted by Gasteiger charge is 2.16. The fraction of sp³-hybridized carbons (Fsp3) is 0.500. The van der Waals surface area contributed by atoms with Gasteiger partial charge < -0.3 is 0 Å². The van der Waals surface area contributed by atoms with Crippen molar-refractivity contribution in [2.24, 2.45) is 0 Å². The maximum absolute atomic E-state index is 2.59. The molecule has 0 spiro atoms. The molecule has 0 unspecified atom stereocenters. The summed E-state index contributed by atoms with van der Waals surface area (Å²) in [6.45, 7) is 7.31. The third-order valence-corrected chi connectivity index (χ3v) is 6.17. The Morgan fingerprint density at radius 1 is 0.739 bits per heavy atom. The van der Waals surface area contributed by atoms with E-state index in [4.69, 9.17) is 0 Å². The van der Waals surface area contributed by atoms with Crippen LogP contribution < -0.4 is 0 Å². The second-order valence-electron chi connectivity index (χ2n) is 6.94. The SMILES string of the molecule is c1cc(CN2CCCC2)c(-c2ccc(CN3CCCC3)cc2)s1. The molecule has 0 saturated carbocycles. The van der Waals surface area contributed by atoms with E-state index in [0.717, 1.165) is 13.1 Å². The molecule has 1 aromatic carbocycles. The zero-order valence-corrected chi connectivity index (χ0v) is 14.7. The normalized spacial score (nSPS) is 19.7. The molecule has 2 saturated heterocycles. The molecule has 0 atom stereocenters. The Bertz CT molecular complexity index is 619. The van der Waals surface area contributed by atoms with E-state index in [1.807, 2.05) is 11.3 Å². The molecule has 2 aliphatic rings. The van der Waals surface area contributed by atoms with Crippen molar-refractivity contribution >= 4 is 11.3 Å². The lowest BCUT2D eigenvalue weighted by molar-refractivity contribution is 0.331. The molecule has 1 aromatic heterocycles. The minimum Gasteiger partial charge on any atom is -0.299 e. The van der Waals surface area contributed by atoms with Gasteiger partial charge in [-0.15, -0.1) is 11.3 Å². The third kappa shape index (κ3) is 3.68. The van der Waals surface area contributed by atoms with Gasteiger partial charge in [-0.05, 0) is 80.0 Å². The van der Waals surface area contributed by atoms with E-state index in [2.05, 4.69) is 45.5 Å². The van der Waals surface area contributed by atoms with Crippen LogP contribution in [0.4, 0.5) is 0 Å². The average Bonchev–Trinajstić information content (AvgIpc) is 3.31. The van der Waals surface area contributed by atoms with Crippen molar-refractivity contribution in [2.75, 3.05) is 26.2 Å². The van der Waals surface area contributed by atoms with Gasteiger partial charge in [0.25, 0.3) is 0 Å². The fourth-order valence-electron chi connectivity index (χ4n) is 3.86. The van der Waals surface area contributed by atoms with Crippen LogP contribution >= 0.6 is 11.3 Å². The van der Waals surface area contributed by atoms with E-state index in [9.17, 15) is 0 Å². The Hall–Kier alpha value is -1.16. The van der Waals surface area contributed by atoms with Crippen LogP contribution in [0.3, 0.4) is 0 Å². The molecular formula is C20H26N2S. The second-order valence-corrected chi connectivity index (χ2v) is 7.85. The fourth-order valence-corrected chi connectivity index (χ4v) is 4.78. The van der Waals surface area contributed by atoms with Gasteiger partial charge in [-0.1, -0.05) is 24.3 Å². The Morgan fingerprint density at radius 2 is 1.35 bits per heavy atom. The Kier molecular flexibility index (Phi) is 4.79. The van der Waals surface area contributed by atoms with Crippen LogP contribution in [0.1, 0.15) is 36.8 Å². The largest absolute Gasteiger partial charge is 0.299 e. The van der Waals surface area contributed by atoms with Crippen molar-refractivity contribution in [3.05, 3.63) is 46.8 Å². The molecule has 23 heavy (non-hydrogen) atoms. The summed E-state index contributed by atoms with van der Waals surface area (Å²) in [5.74, 6) is 0. The minimum atomic E-state index is 1.12. The van der Waals surface area contributed by atoms with Crippen molar-refractivity contribution in [1.29, 1.82) is 0 Å². The quantitative estimate of drug-likeness (QED) is 0.792. The Balaban J connectivity index is 1.46. The van der Waals surface area contributed by atoms with E-state index < -0.39 is 0 Å². The second kappa shape index (κ2) is 7.16. The highest BCUT2D eigenvalue weighted by molar-refractivity contribution is 7.13. The van der Waals surface area contributed by atoms with Gasteiger partial charge in [-0.2, -0.15) is 0 Å². The first-order chi connectivity index (χ1) is 11.4. The number of thiophene rings is 1. The smallest absolute Gasteiger partial charge is 0.0387 e. The number of hydrogen-bond acceptors (Lipinski definition) is 3. The van der Waals surface area contributed by atoms with Crippen molar-refractivity contribution in [3.8, 4) is 10.4 Å². The number of benzene rings is 1. The van der Waals surface area contributed by atoms with Crippen molar-refractivity contribution < 1.29 is 0 Å². The molecule has 0 radical (unpaired) electrons. The van der Waals surface area contributed by atoms with Crippen LogP contribution in [-0.2, 0) is 13.1 Å². The van der Waals surface area contributed by atoms with E-state index in [-0.39, 0.29) is 0 Å². The Morgan fingerprint density at radius 3 is 2.00 bits per heavy atom. The molecule has 2 aliphatic heterocycles. The van der Waals surface area contributed by atoms with Gasteiger partial charge in [0.15, 0.2) is 0 Å². The predicted octanol–water partition coefficient (Wildman–Crippen LogP) is 4.61. The summed E-state index contributed by atoms with van der Waals surface area (Å²) in [7, 11) is 0. The lowest BCUT2D eigenvalue weighted by Gasteiger charge is -2.16. The van der Waals surface area contributed by atoms with Crippen LogP contribution in [-0.4, -0.2) is 36.0 Å². The highest BCUT2D eigenvalue weighted by atomic mass is 32.1. The first-order valence-electron chi connectivity index (χ1n) is 8.99. The van der Waals surface area contributed by atoms with Gasteiger partial charge in [0, 0.05) is 18.0 Å². The molecule has 3 heteroatoms. The first kappa shape index (κ1) is 15.4. The summed E-state index contributed by atoms with van der Waals surface area (Å²) < 4.78 is 0. The summed E-state index contributed by atoms with van der Waals surface area (Å²) in [5.41, 5.74) is 4.34. The molecule has 0 aliphatic carbocycles. The number of hydrogen-bond donors (Lipinski definition) is 0. The lowest BCUT2D eigenvalue weighted by Crippen LogP contribution is -2.18. The summed E-state index contributed by atoms with van der Waals surface area (Å²) >= 11 is 1.89. The van der Waals surface area contributed by atoms with Crippen LogP contribution in [0.2, 0.25) is 0 Å². The van der Waals surface area contributed by atoms with Gasteiger partial charge in [-0.25, -0.2) is 0 Å². The molecule has 2 nitrogen and oxygen atoms in total. The van der Waals surface area contributed by atoms with Crippen LogP contribution in [0, 0.1) is 0 Å². The average molecular weight is 327 g/mol. The van der Waals surface area contributed by atoms with Crippen molar-refractivity contribution in [2.45, 2.75) is 38.8 Å². The third-order valence-electron chi connectivity index (χ3n) is 5.16.